The predicted octanol–water partition coefficient (Wildman–Crippen LogP) is 8.26. The van der Waals surface area contributed by atoms with Gasteiger partial charge in [0, 0.05) is 7.11 Å². The van der Waals surface area contributed by atoms with Crippen molar-refractivity contribution in [1.82, 2.24) is 0 Å². The van der Waals surface area contributed by atoms with Crippen molar-refractivity contribution in [2.75, 3.05) is 7.11 Å². The summed E-state index contributed by atoms with van der Waals surface area (Å²) < 4.78 is 19.5. The maximum Gasteiger partial charge on any atom is 0.338 e. The molecule has 3 aliphatic carbocycles. The first kappa shape index (κ1) is 30.8. The highest BCUT2D eigenvalue weighted by atomic mass is 16.6. The van der Waals surface area contributed by atoms with Gasteiger partial charge in [-0.2, -0.15) is 0 Å². The van der Waals surface area contributed by atoms with Gasteiger partial charge in [0.1, 0.15) is 0 Å². The lowest BCUT2D eigenvalue weighted by atomic mass is 9.51. The maximum absolute atomic E-state index is 14.0. The number of carbonyl (C=O) groups excluding carboxylic acids is 2. The van der Waals surface area contributed by atoms with Crippen molar-refractivity contribution in [3.63, 3.8) is 0 Å². The zero-order chi connectivity index (χ0) is 32.4. The van der Waals surface area contributed by atoms with Crippen LogP contribution in [-0.2, 0) is 36.1 Å². The molecule has 0 saturated heterocycles. The summed E-state index contributed by atoms with van der Waals surface area (Å²) in [4.78, 5) is 27.9. The van der Waals surface area contributed by atoms with E-state index in [0.29, 0.717) is 11.1 Å². The predicted molar refractivity (Wildman–Crippen MR) is 176 cm³/mol. The van der Waals surface area contributed by atoms with E-state index < -0.39 is 35.2 Å². The van der Waals surface area contributed by atoms with Crippen molar-refractivity contribution in [3.05, 3.63) is 142 Å². The van der Waals surface area contributed by atoms with Gasteiger partial charge >= 0.3 is 11.9 Å². The average molecular weight is 603 g/mol. The molecule has 0 aromatic heterocycles. The number of ether oxygens (including phenoxy) is 3. The van der Waals surface area contributed by atoms with Crippen LogP contribution in [-0.4, -0.2) is 31.3 Å². The first-order chi connectivity index (χ1) is 21.2. The zero-order valence-electron chi connectivity index (χ0n) is 27.4. The fourth-order valence-corrected chi connectivity index (χ4v) is 7.18. The quantitative estimate of drug-likeness (QED) is 0.215. The van der Waals surface area contributed by atoms with E-state index in [2.05, 4.69) is 60.6 Å². The Morgan fingerprint density at radius 1 is 0.556 bits per heavy atom. The third kappa shape index (κ3) is 4.80. The van der Waals surface area contributed by atoms with Crippen molar-refractivity contribution >= 4 is 11.9 Å². The lowest BCUT2D eigenvalue weighted by Gasteiger charge is -2.59. The van der Waals surface area contributed by atoms with Gasteiger partial charge < -0.3 is 14.2 Å². The van der Waals surface area contributed by atoms with E-state index in [9.17, 15) is 9.59 Å². The van der Waals surface area contributed by atoms with Gasteiger partial charge in [0.25, 0.3) is 0 Å². The molecule has 0 fully saturated rings. The fourth-order valence-electron chi connectivity index (χ4n) is 7.18. The molecule has 0 radical (unpaired) electrons. The summed E-state index contributed by atoms with van der Waals surface area (Å²) in [7, 11) is 1.63. The number of benzene rings is 4. The van der Waals surface area contributed by atoms with Crippen molar-refractivity contribution < 1.29 is 23.8 Å². The van der Waals surface area contributed by atoms with Crippen LogP contribution in [0.3, 0.4) is 0 Å². The molecule has 0 aliphatic heterocycles. The van der Waals surface area contributed by atoms with E-state index in [0.717, 1.165) is 33.4 Å². The minimum Gasteiger partial charge on any atom is -0.453 e. The van der Waals surface area contributed by atoms with E-state index in [-0.39, 0.29) is 10.8 Å². The Hall–Kier alpha value is -4.22. The molecule has 5 nitrogen and oxygen atoms in total. The summed E-state index contributed by atoms with van der Waals surface area (Å²) in [6.07, 6.45) is -1.85. The van der Waals surface area contributed by atoms with Crippen molar-refractivity contribution in [3.8, 4) is 0 Å². The Balaban J connectivity index is 1.48. The van der Waals surface area contributed by atoms with Crippen LogP contribution < -0.4 is 0 Å². The Morgan fingerprint density at radius 2 is 0.911 bits per heavy atom. The summed E-state index contributed by atoms with van der Waals surface area (Å²) in [6.45, 7) is 14.9. The number of hydrogen-bond donors (Lipinski definition) is 0. The van der Waals surface area contributed by atoms with E-state index >= 15 is 0 Å². The molecule has 45 heavy (non-hydrogen) atoms. The fraction of sp³-hybridized carbons (Fsp3) is 0.350. The monoisotopic (exact) mass is 602 g/mol. The van der Waals surface area contributed by atoms with Gasteiger partial charge in [-0.3, -0.25) is 0 Å². The number of fused-ring (bicyclic) bond motifs is 1. The highest BCUT2D eigenvalue weighted by molar-refractivity contribution is 5.91. The van der Waals surface area contributed by atoms with Gasteiger partial charge in [-0.25, -0.2) is 9.59 Å². The number of rotatable bonds is 5. The Kier molecular flexibility index (Phi) is 7.32. The molecule has 2 atom stereocenters. The number of methoxy groups -OCH3 is 1. The van der Waals surface area contributed by atoms with Gasteiger partial charge in [0.15, 0.2) is 17.8 Å². The second kappa shape index (κ2) is 10.7. The molecule has 0 unspecified atom stereocenters. The molecule has 0 saturated carbocycles. The highest BCUT2D eigenvalue weighted by Gasteiger charge is 2.68. The molecule has 5 heteroatoms. The third-order valence-corrected chi connectivity index (χ3v) is 9.78. The minimum atomic E-state index is -1.20. The smallest absolute Gasteiger partial charge is 0.338 e. The van der Waals surface area contributed by atoms with Gasteiger partial charge in [-0.1, -0.05) is 114 Å². The SMILES string of the molecule is COC12c3ccccc3C(C)(c3ccccc31)[C@H](OC(=O)c1ccc(C(C)(C)C)cc1)[C@@H]2OC(=O)c1ccc(C(C)(C)C)cc1. The molecule has 0 amide bonds. The molecule has 232 valence electrons. The second-order valence-corrected chi connectivity index (χ2v) is 14.5. The summed E-state index contributed by atoms with van der Waals surface area (Å²) in [5, 5.41) is 0. The van der Waals surface area contributed by atoms with Gasteiger partial charge in [0.05, 0.1) is 16.5 Å². The van der Waals surface area contributed by atoms with Crippen molar-refractivity contribution in [1.29, 1.82) is 0 Å². The van der Waals surface area contributed by atoms with Crippen molar-refractivity contribution in [2.45, 2.75) is 82.5 Å². The van der Waals surface area contributed by atoms with Gasteiger partial charge in [0.2, 0.25) is 0 Å². The van der Waals surface area contributed by atoms with Crippen LogP contribution in [0.5, 0.6) is 0 Å². The topological polar surface area (TPSA) is 61.8 Å². The van der Waals surface area contributed by atoms with Crippen molar-refractivity contribution in [2.24, 2.45) is 0 Å². The van der Waals surface area contributed by atoms with E-state index in [1.165, 1.54) is 0 Å². The lowest BCUT2D eigenvalue weighted by molar-refractivity contribution is -0.167. The van der Waals surface area contributed by atoms with Crippen LogP contribution in [0.25, 0.3) is 0 Å². The lowest BCUT2D eigenvalue weighted by Crippen LogP contribution is -2.67. The first-order valence-corrected chi connectivity index (χ1v) is 15.6. The number of hydrogen-bond acceptors (Lipinski definition) is 5. The van der Waals surface area contributed by atoms with Crippen LogP contribution in [0, 0.1) is 0 Å². The molecule has 7 rings (SSSR count). The summed E-state index contributed by atoms with van der Waals surface area (Å²) in [5.74, 6) is -0.982. The van der Waals surface area contributed by atoms with E-state index in [1.807, 2.05) is 60.7 Å². The maximum atomic E-state index is 14.0. The number of esters is 2. The molecular weight excluding hydrogens is 560 g/mol. The van der Waals surface area contributed by atoms with E-state index in [1.54, 1.807) is 31.4 Å². The Labute approximate surface area is 266 Å². The van der Waals surface area contributed by atoms with Gasteiger partial charge in [-0.05, 0) is 75.4 Å². The Morgan fingerprint density at radius 3 is 1.27 bits per heavy atom. The molecular formula is C40H42O5. The molecule has 0 heterocycles. The first-order valence-electron chi connectivity index (χ1n) is 15.6. The largest absolute Gasteiger partial charge is 0.453 e. The molecule has 4 aromatic carbocycles. The molecule has 3 aliphatic rings. The highest BCUT2D eigenvalue weighted by Crippen LogP contribution is 2.61. The van der Waals surface area contributed by atoms with Gasteiger partial charge in [-0.15, -0.1) is 0 Å². The summed E-state index contributed by atoms with van der Waals surface area (Å²) >= 11 is 0. The second-order valence-electron chi connectivity index (χ2n) is 14.5. The molecule has 0 N–H and O–H groups in total. The normalized spacial score (nSPS) is 23.6. The minimum absolute atomic E-state index is 0.0545. The standard InChI is InChI=1S/C40H42O5/c1-37(2,3)27-21-17-25(18-22-27)35(41)44-33-34(45-36(42)26-19-23-28(24-20-26)38(4,5)6)40(43-8)31-15-11-9-13-29(31)39(33,7)30-14-10-12-16-32(30)40/h9-24,33-34H,1-8H3/t33-,34+,39?,40?/m1/s1. The summed E-state index contributed by atoms with van der Waals surface area (Å²) in [5.41, 5.74) is 4.71. The van der Waals surface area contributed by atoms with Crippen LogP contribution in [0.2, 0.25) is 0 Å². The number of carbonyl (C=O) groups is 2. The average Bonchev–Trinajstić information content (AvgIpc) is 3.02. The molecule has 2 bridgehead atoms. The van der Waals surface area contributed by atoms with E-state index in [4.69, 9.17) is 14.2 Å². The third-order valence-electron chi connectivity index (χ3n) is 9.78. The van der Waals surface area contributed by atoms with Crippen LogP contribution >= 0.6 is 0 Å². The molecule has 4 aromatic rings. The Bertz CT molecular complexity index is 1700. The van der Waals surface area contributed by atoms with Crippen LogP contribution in [0.15, 0.2) is 97.1 Å². The van der Waals surface area contributed by atoms with Crippen LogP contribution in [0.4, 0.5) is 0 Å². The molecule has 0 spiro atoms. The zero-order valence-corrected chi connectivity index (χ0v) is 27.4. The summed E-state index contributed by atoms with van der Waals surface area (Å²) in [6, 6.07) is 31.1. The van der Waals surface area contributed by atoms with Crippen LogP contribution in [0.1, 0.15) is 103 Å².